The lowest BCUT2D eigenvalue weighted by Gasteiger charge is -2.21. The molecule has 1 aromatic carbocycles. The van der Waals surface area contributed by atoms with Crippen LogP contribution in [0.3, 0.4) is 0 Å². The van der Waals surface area contributed by atoms with E-state index in [1.807, 2.05) is 30.3 Å². The van der Waals surface area contributed by atoms with Crippen molar-refractivity contribution in [2.24, 2.45) is 0 Å². The summed E-state index contributed by atoms with van der Waals surface area (Å²) in [7, 11) is 0. The molecule has 5 heteroatoms. The maximum absolute atomic E-state index is 12.4. The van der Waals surface area contributed by atoms with E-state index in [2.05, 4.69) is 21.3 Å². The smallest absolute Gasteiger partial charge is 0.252 e. The van der Waals surface area contributed by atoms with Crippen LogP contribution in [0.5, 0.6) is 5.75 Å². The lowest BCUT2D eigenvalue weighted by atomic mass is 10.1. The van der Waals surface area contributed by atoms with Crippen molar-refractivity contribution in [1.82, 2.24) is 10.3 Å². The van der Waals surface area contributed by atoms with Crippen molar-refractivity contribution < 1.29 is 9.53 Å². The topological polar surface area (TPSA) is 54.5 Å². The zero-order chi connectivity index (χ0) is 17.8. The Morgan fingerprint density at radius 2 is 1.92 bits per heavy atom. The minimum Gasteiger partial charge on any atom is -0.488 e. The molecule has 2 aromatic rings. The maximum Gasteiger partial charge on any atom is 0.252 e. The second kappa shape index (κ2) is 7.77. The summed E-state index contributed by atoms with van der Waals surface area (Å²) in [6, 6.07) is 11.9. The van der Waals surface area contributed by atoms with Crippen molar-refractivity contribution in [2.45, 2.75) is 38.2 Å². The highest BCUT2D eigenvalue weighted by atomic mass is 16.5. The van der Waals surface area contributed by atoms with Crippen molar-refractivity contribution in [2.75, 3.05) is 24.5 Å². The van der Waals surface area contributed by atoms with Gasteiger partial charge in [0.05, 0.1) is 12.1 Å². The molecular weight excluding hydrogens is 326 g/mol. The molecule has 26 heavy (non-hydrogen) atoms. The highest BCUT2D eigenvalue weighted by Crippen LogP contribution is 2.27. The van der Waals surface area contributed by atoms with E-state index in [0.29, 0.717) is 12.1 Å². The molecule has 1 amide bonds. The third-order valence-corrected chi connectivity index (χ3v) is 5.14. The zero-order valence-electron chi connectivity index (χ0n) is 15.0. The van der Waals surface area contributed by atoms with Crippen LogP contribution >= 0.6 is 0 Å². The molecule has 0 unspecified atom stereocenters. The summed E-state index contributed by atoms with van der Waals surface area (Å²) in [5, 5.41) is 2.97. The number of ether oxygens (including phenoxy) is 1. The van der Waals surface area contributed by atoms with Gasteiger partial charge in [0.2, 0.25) is 0 Å². The molecule has 0 radical (unpaired) electrons. The minimum absolute atomic E-state index is 0.000632. The van der Waals surface area contributed by atoms with Crippen LogP contribution in [-0.4, -0.2) is 36.6 Å². The van der Waals surface area contributed by atoms with Gasteiger partial charge in [-0.15, -0.1) is 0 Å². The molecule has 4 rings (SSSR count). The van der Waals surface area contributed by atoms with Gasteiger partial charge in [-0.25, -0.2) is 4.98 Å². The van der Waals surface area contributed by atoms with Gasteiger partial charge in [-0.05, 0) is 36.6 Å². The number of pyridine rings is 1. The quantitative estimate of drug-likeness (QED) is 0.919. The fourth-order valence-electron chi connectivity index (χ4n) is 3.68. The van der Waals surface area contributed by atoms with Gasteiger partial charge in [0.25, 0.3) is 5.91 Å². The van der Waals surface area contributed by atoms with E-state index in [0.717, 1.165) is 31.1 Å². The Kier molecular flexibility index (Phi) is 5.04. The molecule has 0 aliphatic carbocycles. The fourth-order valence-corrected chi connectivity index (χ4v) is 3.68. The zero-order valence-corrected chi connectivity index (χ0v) is 15.0. The molecule has 1 aromatic heterocycles. The SMILES string of the molecule is O=C(NC[C@H]1Cc2ccccc2O1)c1ccc(N2CCCCCC2)nc1. The molecule has 2 aliphatic rings. The number of hydrogen-bond donors (Lipinski definition) is 1. The first-order valence-corrected chi connectivity index (χ1v) is 9.53. The normalized spacial score (nSPS) is 19.4. The van der Waals surface area contributed by atoms with Gasteiger partial charge < -0.3 is 15.0 Å². The Labute approximate surface area is 154 Å². The van der Waals surface area contributed by atoms with Crippen LogP contribution in [0.2, 0.25) is 0 Å². The second-order valence-corrected chi connectivity index (χ2v) is 7.07. The summed E-state index contributed by atoms with van der Waals surface area (Å²) in [5.41, 5.74) is 1.80. The first-order valence-electron chi connectivity index (χ1n) is 9.53. The number of fused-ring (bicyclic) bond motifs is 1. The van der Waals surface area contributed by atoms with Gasteiger partial charge in [0.1, 0.15) is 17.7 Å². The molecule has 1 saturated heterocycles. The van der Waals surface area contributed by atoms with E-state index in [1.54, 1.807) is 6.20 Å². The number of carbonyl (C=O) groups is 1. The number of nitrogens with one attached hydrogen (secondary N) is 1. The number of benzene rings is 1. The van der Waals surface area contributed by atoms with Crippen LogP contribution in [0.1, 0.15) is 41.6 Å². The van der Waals surface area contributed by atoms with E-state index < -0.39 is 0 Å². The van der Waals surface area contributed by atoms with E-state index >= 15 is 0 Å². The van der Waals surface area contributed by atoms with E-state index in [1.165, 1.54) is 31.2 Å². The van der Waals surface area contributed by atoms with Crippen molar-refractivity contribution in [1.29, 1.82) is 0 Å². The summed E-state index contributed by atoms with van der Waals surface area (Å²) in [6.07, 6.45) is 7.54. The molecule has 136 valence electrons. The second-order valence-electron chi connectivity index (χ2n) is 7.07. The van der Waals surface area contributed by atoms with E-state index in [-0.39, 0.29) is 12.0 Å². The molecule has 0 bridgehead atoms. The average Bonchev–Trinajstić information content (AvgIpc) is 2.90. The maximum atomic E-state index is 12.4. The number of aromatic nitrogens is 1. The summed E-state index contributed by atoms with van der Waals surface area (Å²) in [4.78, 5) is 19.2. The van der Waals surface area contributed by atoms with Gasteiger partial charge >= 0.3 is 0 Å². The molecular formula is C21H25N3O2. The molecule has 0 spiro atoms. The minimum atomic E-state index is -0.0977. The lowest BCUT2D eigenvalue weighted by molar-refractivity contribution is 0.0933. The number of anilines is 1. The van der Waals surface area contributed by atoms with E-state index in [9.17, 15) is 4.79 Å². The third kappa shape index (κ3) is 3.82. The first-order chi connectivity index (χ1) is 12.8. The van der Waals surface area contributed by atoms with Crippen LogP contribution in [0.15, 0.2) is 42.6 Å². The Morgan fingerprint density at radius 1 is 1.12 bits per heavy atom. The van der Waals surface area contributed by atoms with Gasteiger partial charge in [-0.2, -0.15) is 0 Å². The van der Waals surface area contributed by atoms with Gasteiger partial charge in [-0.1, -0.05) is 31.0 Å². The van der Waals surface area contributed by atoms with Crippen LogP contribution in [0, 0.1) is 0 Å². The summed E-state index contributed by atoms with van der Waals surface area (Å²) in [5.74, 6) is 1.80. The van der Waals surface area contributed by atoms with Crippen molar-refractivity contribution in [3.05, 3.63) is 53.7 Å². The van der Waals surface area contributed by atoms with Gasteiger partial charge in [-0.3, -0.25) is 4.79 Å². The first kappa shape index (κ1) is 16.9. The van der Waals surface area contributed by atoms with Crippen LogP contribution in [0.25, 0.3) is 0 Å². The van der Waals surface area contributed by atoms with Crippen LogP contribution in [-0.2, 0) is 6.42 Å². The van der Waals surface area contributed by atoms with Gasteiger partial charge in [0, 0.05) is 25.7 Å². The predicted molar refractivity (Wildman–Crippen MR) is 102 cm³/mol. The standard InChI is InChI=1S/C21H25N3O2/c25-21(23-15-18-13-16-7-3-4-8-19(16)26-18)17-9-10-20(22-14-17)24-11-5-1-2-6-12-24/h3-4,7-10,14,18H,1-2,5-6,11-13,15H2,(H,23,25)/t18-/m1/s1. The summed E-state index contributed by atoms with van der Waals surface area (Å²) in [6.45, 7) is 2.61. The molecule has 2 aliphatic heterocycles. The predicted octanol–water partition coefficient (Wildman–Crippen LogP) is 3.20. The Morgan fingerprint density at radius 3 is 2.65 bits per heavy atom. The Bertz CT molecular complexity index is 727. The number of nitrogens with zero attached hydrogens (tertiary/aromatic N) is 2. The molecule has 1 fully saturated rings. The molecule has 5 nitrogen and oxygen atoms in total. The van der Waals surface area contributed by atoms with E-state index in [4.69, 9.17) is 4.74 Å². The summed E-state index contributed by atoms with van der Waals surface area (Å²) >= 11 is 0. The molecule has 1 N–H and O–H groups in total. The highest BCUT2D eigenvalue weighted by molar-refractivity contribution is 5.94. The molecule has 1 atom stereocenters. The number of carbonyl (C=O) groups excluding carboxylic acids is 1. The highest BCUT2D eigenvalue weighted by Gasteiger charge is 2.23. The monoisotopic (exact) mass is 351 g/mol. The summed E-state index contributed by atoms with van der Waals surface area (Å²) < 4.78 is 5.87. The Balaban J connectivity index is 1.31. The number of rotatable bonds is 4. The largest absolute Gasteiger partial charge is 0.488 e. The van der Waals surface area contributed by atoms with Crippen molar-refractivity contribution >= 4 is 11.7 Å². The van der Waals surface area contributed by atoms with Crippen LogP contribution in [0.4, 0.5) is 5.82 Å². The molecule has 0 saturated carbocycles. The van der Waals surface area contributed by atoms with Crippen molar-refractivity contribution in [3.63, 3.8) is 0 Å². The number of para-hydroxylation sites is 1. The lowest BCUT2D eigenvalue weighted by Crippen LogP contribution is -2.34. The molecule has 3 heterocycles. The van der Waals surface area contributed by atoms with Gasteiger partial charge in [0.15, 0.2) is 0 Å². The Hall–Kier alpha value is -2.56. The van der Waals surface area contributed by atoms with Crippen LogP contribution < -0.4 is 15.0 Å². The number of hydrogen-bond acceptors (Lipinski definition) is 4. The van der Waals surface area contributed by atoms with Crippen molar-refractivity contribution in [3.8, 4) is 5.75 Å². The third-order valence-electron chi connectivity index (χ3n) is 5.14. The number of amides is 1. The fraction of sp³-hybridized carbons (Fsp3) is 0.429. The average molecular weight is 351 g/mol.